The first-order valence-electron chi connectivity index (χ1n) is 9.25. The van der Waals surface area contributed by atoms with E-state index in [2.05, 4.69) is 10.3 Å². The lowest BCUT2D eigenvalue weighted by molar-refractivity contribution is 0.228. The lowest BCUT2D eigenvalue weighted by Gasteiger charge is -2.39. The molecule has 1 aromatic carbocycles. The summed E-state index contributed by atoms with van der Waals surface area (Å²) in [5.74, 6) is 2.34. The van der Waals surface area contributed by atoms with Gasteiger partial charge in [0.25, 0.3) is 0 Å². The standard InChI is InChI=1S/C19H31N3O4S/c1-6-20-18(22-10-11-27(23,24)19(3,4)14-22)21-13-15(2)26-17-9-7-8-16(12-17)25-5/h7-9,12,15H,6,10-11,13-14H2,1-5H3,(H,20,21). The normalized spacial score (nSPS) is 20.0. The average molecular weight is 398 g/mol. The topological polar surface area (TPSA) is 80.2 Å². The van der Waals surface area contributed by atoms with Crippen LogP contribution in [-0.2, 0) is 9.84 Å². The number of benzene rings is 1. The van der Waals surface area contributed by atoms with Crippen molar-refractivity contribution in [3.63, 3.8) is 0 Å². The van der Waals surface area contributed by atoms with Crippen molar-refractivity contribution in [1.82, 2.24) is 10.2 Å². The first-order chi connectivity index (χ1) is 12.7. The molecule has 0 amide bonds. The molecular formula is C19H31N3O4S. The Morgan fingerprint density at radius 3 is 2.70 bits per heavy atom. The molecule has 0 spiro atoms. The van der Waals surface area contributed by atoms with E-state index >= 15 is 0 Å². The van der Waals surface area contributed by atoms with E-state index in [4.69, 9.17) is 9.47 Å². The van der Waals surface area contributed by atoms with Gasteiger partial charge in [-0.1, -0.05) is 6.07 Å². The molecule has 1 aliphatic heterocycles. The summed E-state index contributed by atoms with van der Waals surface area (Å²) in [5, 5.41) is 3.26. The molecule has 8 heteroatoms. The average Bonchev–Trinajstić information content (AvgIpc) is 2.61. The van der Waals surface area contributed by atoms with Gasteiger partial charge in [-0.25, -0.2) is 13.4 Å². The summed E-state index contributed by atoms with van der Waals surface area (Å²) < 4.78 is 34.8. The Morgan fingerprint density at radius 2 is 2.07 bits per heavy atom. The van der Waals surface area contributed by atoms with Crippen LogP contribution in [0.2, 0.25) is 0 Å². The molecule has 0 aliphatic carbocycles. The van der Waals surface area contributed by atoms with E-state index < -0.39 is 14.6 Å². The Morgan fingerprint density at radius 1 is 1.37 bits per heavy atom. The van der Waals surface area contributed by atoms with Crippen molar-refractivity contribution in [3.8, 4) is 11.5 Å². The minimum absolute atomic E-state index is 0.132. The van der Waals surface area contributed by atoms with Crippen LogP contribution >= 0.6 is 0 Å². The van der Waals surface area contributed by atoms with Crippen molar-refractivity contribution in [2.75, 3.05) is 39.0 Å². The lowest BCUT2D eigenvalue weighted by atomic mass is 10.2. The molecule has 0 aromatic heterocycles. The van der Waals surface area contributed by atoms with Gasteiger partial charge in [0.05, 0.1) is 24.2 Å². The summed E-state index contributed by atoms with van der Waals surface area (Å²) in [6, 6.07) is 7.46. The van der Waals surface area contributed by atoms with Gasteiger partial charge in [-0.05, 0) is 39.8 Å². The second-order valence-electron chi connectivity index (χ2n) is 7.30. The van der Waals surface area contributed by atoms with Gasteiger partial charge < -0.3 is 19.7 Å². The third-order valence-corrected chi connectivity index (χ3v) is 7.09. The highest BCUT2D eigenvalue weighted by Gasteiger charge is 2.40. The molecule has 1 heterocycles. The number of rotatable bonds is 6. The molecule has 1 atom stereocenters. The van der Waals surface area contributed by atoms with Crippen LogP contribution in [0.25, 0.3) is 0 Å². The van der Waals surface area contributed by atoms with Crippen LogP contribution in [0.15, 0.2) is 29.3 Å². The number of hydrogen-bond donors (Lipinski definition) is 1. The minimum atomic E-state index is -3.08. The van der Waals surface area contributed by atoms with E-state index in [9.17, 15) is 8.42 Å². The van der Waals surface area contributed by atoms with Crippen LogP contribution in [-0.4, -0.2) is 69.2 Å². The van der Waals surface area contributed by atoms with Gasteiger partial charge >= 0.3 is 0 Å². The van der Waals surface area contributed by atoms with Crippen molar-refractivity contribution in [2.45, 2.75) is 38.5 Å². The predicted octanol–water partition coefficient (Wildman–Crippen LogP) is 1.94. The number of guanidine groups is 1. The Bertz CT molecular complexity index is 762. The van der Waals surface area contributed by atoms with E-state index in [1.807, 2.05) is 43.0 Å². The molecule has 27 heavy (non-hydrogen) atoms. The smallest absolute Gasteiger partial charge is 0.194 e. The molecule has 1 unspecified atom stereocenters. The first kappa shape index (κ1) is 21.3. The third kappa shape index (κ3) is 5.51. The molecule has 1 N–H and O–H groups in total. The van der Waals surface area contributed by atoms with Crippen molar-refractivity contribution in [3.05, 3.63) is 24.3 Å². The SMILES string of the molecule is CCNC(=NCC(C)Oc1cccc(OC)c1)N1CCS(=O)(=O)C(C)(C)C1. The molecule has 0 radical (unpaired) electrons. The van der Waals surface area contributed by atoms with Gasteiger partial charge in [0.15, 0.2) is 15.8 Å². The molecule has 1 aromatic rings. The summed E-state index contributed by atoms with van der Waals surface area (Å²) in [6.45, 7) is 9.54. The zero-order valence-electron chi connectivity index (χ0n) is 16.9. The minimum Gasteiger partial charge on any atom is -0.497 e. The van der Waals surface area contributed by atoms with Gasteiger partial charge in [-0.2, -0.15) is 0 Å². The van der Waals surface area contributed by atoms with Gasteiger partial charge in [0, 0.05) is 25.7 Å². The van der Waals surface area contributed by atoms with Gasteiger partial charge in [0.1, 0.15) is 17.6 Å². The predicted molar refractivity (Wildman–Crippen MR) is 109 cm³/mol. The van der Waals surface area contributed by atoms with Crippen LogP contribution in [0.1, 0.15) is 27.7 Å². The fourth-order valence-corrected chi connectivity index (χ4v) is 4.28. The molecule has 1 fully saturated rings. The Kier molecular flexibility index (Phi) is 6.97. The number of hydrogen-bond acceptors (Lipinski definition) is 5. The highest BCUT2D eigenvalue weighted by Crippen LogP contribution is 2.24. The van der Waals surface area contributed by atoms with Crippen LogP contribution in [0.4, 0.5) is 0 Å². The van der Waals surface area contributed by atoms with E-state index in [0.717, 1.165) is 17.5 Å². The fraction of sp³-hybridized carbons (Fsp3) is 0.632. The molecule has 1 saturated heterocycles. The maximum absolute atomic E-state index is 12.2. The molecule has 1 aliphatic rings. The quantitative estimate of drug-likeness (QED) is 0.584. The molecule has 0 saturated carbocycles. The summed E-state index contributed by atoms with van der Waals surface area (Å²) in [5.41, 5.74) is 0. The maximum Gasteiger partial charge on any atom is 0.194 e. The second kappa shape index (κ2) is 8.82. The molecule has 0 bridgehead atoms. The van der Waals surface area contributed by atoms with Crippen molar-refractivity contribution in [2.24, 2.45) is 4.99 Å². The van der Waals surface area contributed by atoms with Gasteiger partial charge in [-0.3, -0.25) is 0 Å². The second-order valence-corrected chi connectivity index (χ2v) is 10.0. The summed E-state index contributed by atoms with van der Waals surface area (Å²) >= 11 is 0. The summed E-state index contributed by atoms with van der Waals surface area (Å²) in [6.07, 6.45) is -0.132. The van der Waals surface area contributed by atoms with Crippen molar-refractivity contribution < 1.29 is 17.9 Å². The van der Waals surface area contributed by atoms with E-state index in [1.54, 1.807) is 21.0 Å². The van der Waals surface area contributed by atoms with E-state index in [-0.39, 0.29) is 11.9 Å². The highest BCUT2D eigenvalue weighted by molar-refractivity contribution is 7.92. The number of aliphatic imine (C=N–C) groups is 1. The Hall–Kier alpha value is -1.96. The van der Waals surface area contributed by atoms with Crippen LogP contribution in [0.5, 0.6) is 11.5 Å². The zero-order chi connectivity index (χ0) is 20.1. The van der Waals surface area contributed by atoms with Crippen LogP contribution in [0.3, 0.4) is 0 Å². The number of nitrogens with one attached hydrogen (secondary N) is 1. The lowest BCUT2D eigenvalue weighted by Crippen LogP contribution is -2.57. The monoisotopic (exact) mass is 397 g/mol. The Balaban J connectivity index is 2.04. The van der Waals surface area contributed by atoms with Gasteiger partial charge in [0.2, 0.25) is 0 Å². The highest BCUT2D eigenvalue weighted by atomic mass is 32.2. The van der Waals surface area contributed by atoms with Crippen LogP contribution in [0, 0.1) is 0 Å². The molecule has 2 rings (SSSR count). The van der Waals surface area contributed by atoms with E-state index in [0.29, 0.717) is 26.2 Å². The van der Waals surface area contributed by atoms with E-state index in [1.165, 1.54) is 0 Å². The maximum atomic E-state index is 12.2. The zero-order valence-corrected chi connectivity index (χ0v) is 17.7. The largest absolute Gasteiger partial charge is 0.497 e. The van der Waals surface area contributed by atoms with Crippen molar-refractivity contribution >= 4 is 15.8 Å². The number of sulfone groups is 1. The summed E-state index contributed by atoms with van der Waals surface area (Å²) in [7, 11) is -1.46. The number of ether oxygens (including phenoxy) is 2. The Labute approximate surface area is 162 Å². The fourth-order valence-electron chi connectivity index (χ4n) is 2.91. The molecule has 152 valence electrons. The number of methoxy groups -OCH3 is 1. The van der Waals surface area contributed by atoms with Crippen LogP contribution < -0.4 is 14.8 Å². The summed E-state index contributed by atoms with van der Waals surface area (Å²) in [4.78, 5) is 6.69. The molecule has 7 nitrogen and oxygen atoms in total. The van der Waals surface area contributed by atoms with Gasteiger partial charge in [-0.15, -0.1) is 0 Å². The van der Waals surface area contributed by atoms with Crippen molar-refractivity contribution in [1.29, 1.82) is 0 Å². The third-order valence-electron chi connectivity index (χ3n) is 4.55. The molecular weight excluding hydrogens is 366 g/mol. The first-order valence-corrected chi connectivity index (χ1v) is 10.9. The number of nitrogens with zero attached hydrogens (tertiary/aromatic N) is 2.